The van der Waals surface area contributed by atoms with E-state index in [9.17, 15) is 14.9 Å². The van der Waals surface area contributed by atoms with Crippen molar-refractivity contribution < 1.29 is 9.72 Å². The molecular weight excluding hydrogens is 338 g/mol. The van der Waals surface area contributed by atoms with Crippen LogP contribution in [0.3, 0.4) is 0 Å². The highest BCUT2D eigenvalue weighted by molar-refractivity contribution is 7.80. The van der Waals surface area contributed by atoms with Crippen LogP contribution in [0.1, 0.15) is 15.9 Å². The van der Waals surface area contributed by atoms with Gasteiger partial charge in [0.25, 0.3) is 11.6 Å². The van der Waals surface area contributed by atoms with Gasteiger partial charge < -0.3 is 5.32 Å². The Labute approximate surface area is 142 Å². The Bertz CT molecular complexity index is 795. The molecule has 0 aromatic heterocycles. The lowest BCUT2D eigenvalue weighted by Gasteiger charge is -2.11. The van der Waals surface area contributed by atoms with E-state index in [2.05, 4.69) is 10.6 Å². The van der Waals surface area contributed by atoms with E-state index in [1.165, 1.54) is 18.2 Å². The van der Waals surface area contributed by atoms with Gasteiger partial charge in [-0.2, -0.15) is 0 Å². The molecule has 8 heteroatoms. The molecule has 6 nitrogen and oxygen atoms in total. The van der Waals surface area contributed by atoms with E-state index in [0.29, 0.717) is 5.56 Å². The van der Waals surface area contributed by atoms with Gasteiger partial charge in [0.05, 0.1) is 15.6 Å². The van der Waals surface area contributed by atoms with Crippen molar-refractivity contribution in [2.45, 2.75) is 6.92 Å². The van der Waals surface area contributed by atoms with Gasteiger partial charge in [-0.1, -0.05) is 29.8 Å². The molecule has 1 amide bonds. The van der Waals surface area contributed by atoms with Gasteiger partial charge in [0.1, 0.15) is 0 Å². The molecule has 118 valence electrons. The maximum atomic E-state index is 12.1. The van der Waals surface area contributed by atoms with E-state index >= 15 is 0 Å². The Morgan fingerprint density at radius 2 is 1.96 bits per heavy atom. The van der Waals surface area contributed by atoms with Gasteiger partial charge >= 0.3 is 0 Å². The number of benzene rings is 2. The number of carbonyl (C=O) groups excluding carboxylic acids is 1. The number of halogens is 1. The number of hydrogen-bond acceptors (Lipinski definition) is 4. The number of anilines is 1. The minimum absolute atomic E-state index is 0.000603. The van der Waals surface area contributed by atoms with Gasteiger partial charge in [-0.25, -0.2) is 0 Å². The normalized spacial score (nSPS) is 10.0. The van der Waals surface area contributed by atoms with Crippen molar-refractivity contribution in [3.8, 4) is 0 Å². The van der Waals surface area contributed by atoms with Crippen molar-refractivity contribution in [3.05, 3.63) is 68.7 Å². The molecule has 0 fully saturated rings. The molecule has 0 saturated carbocycles. The van der Waals surface area contributed by atoms with Crippen molar-refractivity contribution in [2.75, 3.05) is 5.32 Å². The molecule has 2 N–H and O–H groups in total. The standard InChI is InChI=1S/C15H12ClN3O3S/c1-9-4-2-3-5-11(9)14(20)18-15(23)17-13-8-10(19(21)22)6-7-12(13)16/h2-8H,1H3,(H2,17,18,20,23). The number of amides is 1. The van der Waals surface area contributed by atoms with Crippen LogP contribution in [0.2, 0.25) is 5.02 Å². The molecular formula is C15H12ClN3O3S. The smallest absolute Gasteiger partial charge is 0.271 e. The van der Waals surface area contributed by atoms with Crippen LogP contribution in [0, 0.1) is 17.0 Å². The summed E-state index contributed by atoms with van der Waals surface area (Å²) in [6.07, 6.45) is 0. The lowest BCUT2D eigenvalue weighted by Crippen LogP contribution is -2.34. The van der Waals surface area contributed by atoms with Crippen LogP contribution in [0.25, 0.3) is 0 Å². The van der Waals surface area contributed by atoms with E-state index < -0.39 is 4.92 Å². The Hall–Kier alpha value is -2.51. The second kappa shape index (κ2) is 7.17. The first kappa shape index (κ1) is 16.9. The maximum absolute atomic E-state index is 12.1. The molecule has 0 spiro atoms. The fourth-order valence-corrected chi connectivity index (χ4v) is 2.24. The Morgan fingerprint density at radius 3 is 2.61 bits per heavy atom. The Kier molecular flexibility index (Phi) is 5.25. The van der Waals surface area contributed by atoms with Crippen molar-refractivity contribution in [1.29, 1.82) is 0 Å². The zero-order valence-corrected chi connectivity index (χ0v) is 13.6. The number of carbonyl (C=O) groups is 1. The van der Waals surface area contributed by atoms with E-state index in [1.54, 1.807) is 12.1 Å². The third-order valence-electron chi connectivity index (χ3n) is 3.03. The van der Waals surface area contributed by atoms with Crippen molar-refractivity contribution in [3.63, 3.8) is 0 Å². The molecule has 0 aliphatic heterocycles. The fourth-order valence-electron chi connectivity index (χ4n) is 1.87. The van der Waals surface area contributed by atoms with E-state index in [4.69, 9.17) is 23.8 Å². The number of aryl methyl sites for hydroxylation is 1. The maximum Gasteiger partial charge on any atom is 0.271 e. The second-order valence-electron chi connectivity index (χ2n) is 4.64. The van der Waals surface area contributed by atoms with E-state index in [0.717, 1.165) is 5.56 Å². The summed E-state index contributed by atoms with van der Waals surface area (Å²) in [4.78, 5) is 22.4. The van der Waals surface area contributed by atoms with Gasteiger partial charge in [-0.15, -0.1) is 0 Å². The predicted molar refractivity (Wildman–Crippen MR) is 93.0 cm³/mol. The zero-order chi connectivity index (χ0) is 17.0. The number of thiocarbonyl (C=S) groups is 1. The summed E-state index contributed by atoms with van der Waals surface area (Å²) < 4.78 is 0. The summed E-state index contributed by atoms with van der Waals surface area (Å²) in [6.45, 7) is 1.81. The summed E-state index contributed by atoms with van der Waals surface area (Å²) in [5, 5.41) is 16.2. The molecule has 2 aromatic carbocycles. The molecule has 0 atom stereocenters. The molecule has 0 aliphatic carbocycles. The summed E-state index contributed by atoms with van der Waals surface area (Å²) in [7, 11) is 0. The fraction of sp³-hybridized carbons (Fsp3) is 0.0667. The molecule has 2 rings (SSSR count). The van der Waals surface area contributed by atoms with Gasteiger partial charge in [-0.3, -0.25) is 20.2 Å². The molecule has 0 unspecified atom stereocenters. The molecule has 0 radical (unpaired) electrons. The minimum Gasteiger partial charge on any atom is -0.331 e. The molecule has 0 saturated heterocycles. The van der Waals surface area contributed by atoms with Crippen LogP contribution in [0.15, 0.2) is 42.5 Å². The minimum atomic E-state index is -0.545. The van der Waals surface area contributed by atoms with E-state index in [-0.39, 0.29) is 27.4 Å². The first-order chi connectivity index (χ1) is 10.9. The first-order valence-corrected chi connectivity index (χ1v) is 7.29. The van der Waals surface area contributed by atoms with Crippen LogP contribution >= 0.6 is 23.8 Å². The van der Waals surface area contributed by atoms with Crippen LogP contribution in [-0.2, 0) is 0 Å². The third-order valence-corrected chi connectivity index (χ3v) is 3.56. The van der Waals surface area contributed by atoms with Gasteiger partial charge in [-0.05, 0) is 36.8 Å². The monoisotopic (exact) mass is 349 g/mol. The highest BCUT2D eigenvalue weighted by Crippen LogP contribution is 2.26. The first-order valence-electron chi connectivity index (χ1n) is 6.50. The molecule has 23 heavy (non-hydrogen) atoms. The van der Waals surface area contributed by atoms with Crippen LogP contribution in [-0.4, -0.2) is 15.9 Å². The number of nitrogens with one attached hydrogen (secondary N) is 2. The van der Waals surface area contributed by atoms with Crippen molar-refractivity contribution >= 4 is 46.2 Å². The number of hydrogen-bond donors (Lipinski definition) is 2. The lowest BCUT2D eigenvalue weighted by atomic mass is 10.1. The Balaban J connectivity index is 2.11. The topological polar surface area (TPSA) is 84.3 Å². The summed E-state index contributed by atoms with van der Waals surface area (Å²) in [6, 6.07) is 11.0. The van der Waals surface area contributed by atoms with Gasteiger partial charge in [0.2, 0.25) is 0 Å². The van der Waals surface area contributed by atoms with Crippen LogP contribution < -0.4 is 10.6 Å². The SMILES string of the molecule is Cc1ccccc1C(=O)NC(=S)Nc1cc([N+](=O)[O-])ccc1Cl. The highest BCUT2D eigenvalue weighted by Gasteiger charge is 2.13. The molecule has 2 aromatic rings. The van der Waals surface area contributed by atoms with Crippen molar-refractivity contribution in [2.24, 2.45) is 0 Å². The average Bonchev–Trinajstić information content (AvgIpc) is 2.49. The van der Waals surface area contributed by atoms with Gasteiger partial charge in [0.15, 0.2) is 5.11 Å². The zero-order valence-electron chi connectivity index (χ0n) is 12.0. The number of non-ortho nitro benzene ring substituents is 1. The van der Waals surface area contributed by atoms with Crippen LogP contribution in [0.4, 0.5) is 11.4 Å². The molecule has 0 aliphatic rings. The number of rotatable bonds is 3. The summed E-state index contributed by atoms with van der Waals surface area (Å²) >= 11 is 11.0. The van der Waals surface area contributed by atoms with Crippen LogP contribution in [0.5, 0.6) is 0 Å². The Morgan fingerprint density at radius 1 is 1.26 bits per heavy atom. The predicted octanol–water partition coefficient (Wildman–Crippen LogP) is 3.68. The highest BCUT2D eigenvalue weighted by atomic mass is 35.5. The number of nitro groups is 1. The van der Waals surface area contributed by atoms with E-state index in [1.807, 2.05) is 19.1 Å². The van der Waals surface area contributed by atoms with Crippen molar-refractivity contribution in [1.82, 2.24) is 5.32 Å². The largest absolute Gasteiger partial charge is 0.331 e. The summed E-state index contributed by atoms with van der Waals surface area (Å²) in [5.74, 6) is -0.373. The quantitative estimate of drug-likeness (QED) is 0.501. The molecule has 0 heterocycles. The third kappa shape index (κ3) is 4.24. The second-order valence-corrected chi connectivity index (χ2v) is 5.46. The average molecular weight is 350 g/mol. The summed E-state index contributed by atoms with van der Waals surface area (Å²) in [5.41, 5.74) is 1.41. The molecule has 0 bridgehead atoms. The number of nitro benzene ring substituents is 1. The van der Waals surface area contributed by atoms with Gasteiger partial charge in [0, 0.05) is 17.7 Å². The lowest BCUT2D eigenvalue weighted by molar-refractivity contribution is -0.384. The number of nitrogens with zero attached hydrogens (tertiary/aromatic N) is 1.